The second kappa shape index (κ2) is 6.08. The molecule has 0 aliphatic rings. The Balaban J connectivity index is 1.92. The Labute approximate surface area is 121 Å². The molecule has 0 aliphatic carbocycles. The number of hydrogen-bond acceptors (Lipinski definition) is 6. The third-order valence-electron chi connectivity index (χ3n) is 2.36. The highest BCUT2D eigenvalue weighted by Gasteiger charge is 2.30. The molecule has 2 rings (SSSR count). The normalized spacial score (nSPS) is 11.2. The maximum Gasteiger partial charge on any atom is 0.573 e. The highest BCUT2D eigenvalue weighted by molar-refractivity contribution is 7.07. The van der Waals surface area contributed by atoms with Crippen molar-refractivity contribution in [2.45, 2.75) is 19.9 Å². The van der Waals surface area contributed by atoms with Crippen molar-refractivity contribution in [3.05, 3.63) is 40.4 Å². The first-order chi connectivity index (χ1) is 9.85. The van der Waals surface area contributed by atoms with E-state index in [1.54, 1.807) is 6.92 Å². The number of rotatable bonds is 4. The minimum Gasteiger partial charge on any atom is -0.457 e. The van der Waals surface area contributed by atoms with Gasteiger partial charge >= 0.3 is 12.3 Å². The minimum absolute atomic E-state index is 0.0670. The van der Waals surface area contributed by atoms with Crippen LogP contribution in [0.3, 0.4) is 0 Å². The quantitative estimate of drug-likeness (QED) is 0.811. The molecule has 0 aliphatic heterocycles. The van der Waals surface area contributed by atoms with E-state index in [0.717, 1.165) is 23.7 Å². The summed E-state index contributed by atoms with van der Waals surface area (Å²) >= 11 is 0.921. The first-order valence-corrected chi connectivity index (χ1v) is 6.43. The summed E-state index contributed by atoms with van der Waals surface area (Å²) in [5.41, 5.74) is 1.01. The van der Waals surface area contributed by atoms with E-state index in [0.29, 0.717) is 16.1 Å². The summed E-state index contributed by atoms with van der Waals surface area (Å²) in [5.74, 6) is -0.904. The van der Waals surface area contributed by atoms with Gasteiger partial charge in [0.2, 0.25) is 0 Å². The van der Waals surface area contributed by atoms with E-state index in [2.05, 4.69) is 14.3 Å². The number of nitrogens with zero attached hydrogens (tertiary/aromatic N) is 2. The van der Waals surface area contributed by atoms with Crippen LogP contribution in [-0.2, 0) is 11.3 Å². The Morgan fingerprint density at radius 2 is 1.95 bits per heavy atom. The van der Waals surface area contributed by atoms with Crippen LogP contribution in [0.1, 0.15) is 20.9 Å². The predicted molar refractivity (Wildman–Crippen MR) is 66.9 cm³/mol. The van der Waals surface area contributed by atoms with Gasteiger partial charge < -0.3 is 9.47 Å². The first kappa shape index (κ1) is 15.2. The van der Waals surface area contributed by atoms with Crippen LogP contribution in [0, 0.1) is 6.92 Å². The van der Waals surface area contributed by atoms with Crippen LogP contribution in [0.4, 0.5) is 13.2 Å². The summed E-state index contributed by atoms with van der Waals surface area (Å²) in [6, 6.07) is 5.06. The molecule has 0 spiro atoms. The van der Waals surface area contributed by atoms with E-state index in [1.165, 1.54) is 12.1 Å². The molecule has 9 heteroatoms. The highest BCUT2D eigenvalue weighted by Crippen LogP contribution is 2.23. The van der Waals surface area contributed by atoms with Gasteiger partial charge in [0.1, 0.15) is 12.4 Å². The van der Waals surface area contributed by atoms with Gasteiger partial charge in [-0.25, -0.2) is 4.79 Å². The monoisotopic (exact) mass is 318 g/mol. The molecule has 0 atom stereocenters. The predicted octanol–water partition coefficient (Wildman–Crippen LogP) is 3.10. The molecule has 0 amide bonds. The lowest BCUT2D eigenvalue weighted by molar-refractivity contribution is -0.274. The van der Waals surface area contributed by atoms with Gasteiger partial charge in [0, 0.05) is 0 Å². The molecule has 1 aromatic heterocycles. The summed E-state index contributed by atoms with van der Waals surface area (Å²) in [6.07, 6.45) is -4.73. The van der Waals surface area contributed by atoms with E-state index in [4.69, 9.17) is 4.74 Å². The molecule has 1 aromatic carbocycles. The third-order valence-corrected chi connectivity index (χ3v) is 3.17. The van der Waals surface area contributed by atoms with E-state index in [1.807, 2.05) is 0 Å². The fourth-order valence-electron chi connectivity index (χ4n) is 1.42. The molecule has 0 radical (unpaired) electrons. The smallest absolute Gasteiger partial charge is 0.457 e. The zero-order chi connectivity index (χ0) is 15.5. The first-order valence-electron chi connectivity index (χ1n) is 5.66. The Kier molecular flexibility index (Phi) is 4.41. The van der Waals surface area contributed by atoms with E-state index < -0.39 is 12.3 Å². The van der Waals surface area contributed by atoms with Gasteiger partial charge in [-0.3, -0.25) is 0 Å². The number of hydrogen-bond donors (Lipinski definition) is 0. The molecule has 1 heterocycles. The second-order valence-electron chi connectivity index (χ2n) is 3.96. The Morgan fingerprint density at radius 3 is 2.48 bits per heavy atom. The van der Waals surface area contributed by atoms with Crippen LogP contribution in [0.2, 0.25) is 0 Å². The second-order valence-corrected chi connectivity index (χ2v) is 4.71. The summed E-state index contributed by atoms with van der Waals surface area (Å²) in [5, 5.41) is 3.68. The largest absolute Gasteiger partial charge is 0.573 e. The molecule has 0 saturated carbocycles. The summed E-state index contributed by atoms with van der Waals surface area (Å²) in [7, 11) is 0. The van der Waals surface area contributed by atoms with E-state index in [-0.39, 0.29) is 12.4 Å². The Morgan fingerprint density at radius 1 is 1.29 bits per heavy atom. The van der Waals surface area contributed by atoms with Crippen molar-refractivity contribution in [1.82, 2.24) is 9.59 Å². The van der Waals surface area contributed by atoms with Crippen molar-refractivity contribution in [1.29, 1.82) is 0 Å². The van der Waals surface area contributed by atoms with E-state index >= 15 is 0 Å². The number of esters is 1. The highest BCUT2D eigenvalue weighted by atomic mass is 32.1. The number of ether oxygens (including phenoxy) is 2. The molecule has 112 valence electrons. The number of carbonyl (C=O) groups excluding carboxylic acids is 1. The Hall–Kier alpha value is -2.16. The van der Waals surface area contributed by atoms with Crippen molar-refractivity contribution in [3.8, 4) is 5.75 Å². The molecule has 0 fully saturated rings. The maximum atomic E-state index is 12.0. The zero-order valence-electron chi connectivity index (χ0n) is 10.7. The SMILES string of the molecule is Cc1nnsc1C(=O)OCc1ccc(OC(F)(F)F)cc1. The minimum atomic E-state index is -4.73. The van der Waals surface area contributed by atoms with Crippen LogP contribution >= 0.6 is 11.5 Å². The summed E-state index contributed by atoms with van der Waals surface area (Å²) in [4.78, 5) is 12.0. The van der Waals surface area contributed by atoms with Crippen LogP contribution in [0.5, 0.6) is 5.75 Å². The lowest BCUT2D eigenvalue weighted by atomic mass is 10.2. The van der Waals surface area contributed by atoms with Gasteiger partial charge in [-0.15, -0.1) is 18.3 Å². The molecular weight excluding hydrogens is 309 g/mol. The lowest BCUT2D eigenvalue weighted by Gasteiger charge is -2.09. The number of aryl methyl sites for hydroxylation is 1. The van der Waals surface area contributed by atoms with Crippen LogP contribution in [-0.4, -0.2) is 21.9 Å². The van der Waals surface area contributed by atoms with Gasteiger partial charge in [0.05, 0.1) is 5.69 Å². The van der Waals surface area contributed by atoms with Gasteiger partial charge in [-0.2, -0.15) is 0 Å². The standard InChI is InChI=1S/C12H9F3N2O3S/c1-7-10(21-17-16-7)11(18)19-6-8-2-4-9(5-3-8)20-12(13,14)15/h2-5H,6H2,1H3. The van der Waals surface area contributed by atoms with Crippen molar-refractivity contribution >= 4 is 17.5 Å². The van der Waals surface area contributed by atoms with Crippen molar-refractivity contribution in [2.75, 3.05) is 0 Å². The average Bonchev–Trinajstić information content (AvgIpc) is 2.82. The molecule has 5 nitrogen and oxygen atoms in total. The molecule has 2 aromatic rings. The zero-order valence-corrected chi connectivity index (χ0v) is 11.5. The van der Waals surface area contributed by atoms with Crippen LogP contribution in [0.15, 0.2) is 24.3 Å². The van der Waals surface area contributed by atoms with Crippen molar-refractivity contribution < 1.29 is 27.4 Å². The molecule has 0 saturated heterocycles. The lowest BCUT2D eigenvalue weighted by Crippen LogP contribution is -2.17. The van der Waals surface area contributed by atoms with Gasteiger partial charge in [0.25, 0.3) is 0 Å². The fraction of sp³-hybridized carbons (Fsp3) is 0.250. The molecular formula is C12H9F3N2O3S. The average molecular weight is 318 g/mol. The van der Waals surface area contributed by atoms with Gasteiger partial charge in [0.15, 0.2) is 4.88 Å². The maximum absolute atomic E-state index is 12.0. The van der Waals surface area contributed by atoms with Gasteiger partial charge in [-0.1, -0.05) is 16.6 Å². The Bertz CT molecular complexity index is 625. The van der Waals surface area contributed by atoms with Crippen molar-refractivity contribution in [2.24, 2.45) is 0 Å². The molecule has 0 unspecified atom stereocenters. The number of alkyl halides is 3. The number of aromatic nitrogens is 2. The summed E-state index contributed by atoms with van der Waals surface area (Å²) < 4.78 is 48.3. The number of benzene rings is 1. The number of carbonyl (C=O) groups is 1. The van der Waals surface area contributed by atoms with Crippen LogP contribution < -0.4 is 4.74 Å². The topological polar surface area (TPSA) is 61.3 Å². The van der Waals surface area contributed by atoms with Crippen molar-refractivity contribution in [3.63, 3.8) is 0 Å². The molecule has 0 N–H and O–H groups in total. The third kappa shape index (κ3) is 4.42. The van der Waals surface area contributed by atoms with Crippen LogP contribution in [0.25, 0.3) is 0 Å². The van der Waals surface area contributed by atoms with E-state index in [9.17, 15) is 18.0 Å². The molecule has 0 bridgehead atoms. The summed E-state index contributed by atoms with van der Waals surface area (Å²) in [6.45, 7) is 1.56. The number of halogens is 3. The fourth-order valence-corrected chi connectivity index (χ4v) is 1.97. The van der Waals surface area contributed by atoms with Gasteiger partial charge in [-0.05, 0) is 36.2 Å². The molecule has 21 heavy (non-hydrogen) atoms.